The van der Waals surface area contributed by atoms with Crippen LogP contribution in [0.25, 0.3) is 0 Å². The molecule has 2 heterocycles. The molecule has 6 nitrogen and oxygen atoms in total. The SMILES string of the molecule is CC1(CNC(=O)CCN2C(=O)CCC2=O)CCNCC1.Cl. The Balaban J connectivity index is 0.00000220. The molecule has 2 aliphatic rings. The van der Waals surface area contributed by atoms with Crippen molar-refractivity contribution in [3.8, 4) is 0 Å². The van der Waals surface area contributed by atoms with Crippen LogP contribution in [-0.4, -0.2) is 48.8 Å². The van der Waals surface area contributed by atoms with Crippen LogP contribution in [0.2, 0.25) is 0 Å². The van der Waals surface area contributed by atoms with Crippen molar-refractivity contribution in [2.75, 3.05) is 26.2 Å². The van der Waals surface area contributed by atoms with Gasteiger partial charge in [0.2, 0.25) is 17.7 Å². The highest BCUT2D eigenvalue weighted by atomic mass is 35.5. The summed E-state index contributed by atoms with van der Waals surface area (Å²) in [4.78, 5) is 35.9. The quantitative estimate of drug-likeness (QED) is 0.722. The first-order valence-corrected chi connectivity index (χ1v) is 7.31. The van der Waals surface area contributed by atoms with Gasteiger partial charge in [-0.25, -0.2) is 0 Å². The Bertz CT molecular complexity index is 392. The van der Waals surface area contributed by atoms with Crippen LogP contribution in [0.5, 0.6) is 0 Å². The van der Waals surface area contributed by atoms with Crippen LogP contribution < -0.4 is 10.6 Å². The van der Waals surface area contributed by atoms with Gasteiger partial charge in [-0.1, -0.05) is 6.92 Å². The topological polar surface area (TPSA) is 78.5 Å². The molecule has 120 valence electrons. The number of hydrogen-bond acceptors (Lipinski definition) is 4. The number of carbonyl (C=O) groups is 3. The van der Waals surface area contributed by atoms with Crippen molar-refractivity contribution in [3.63, 3.8) is 0 Å². The van der Waals surface area contributed by atoms with Gasteiger partial charge >= 0.3 is 0 Å². The molecule has 0 aromatic heterocycles. The molecule has 0 aliphatic carbocycles. The van der Waals surface area contributed by atoms with Crippen LogP contribution in [0.3, 0.4) is 0 Å². The van der Waals surface area contributed by atoms with Crippen LogP contribution in [0.4, 0.5) is 0 Å². The standard InChI is InChI=1S/C14H23N3O3.ClH/c1-14(5-7-15-8-6-14)10-16-11(18)4-9-17-12(19)2-3-13(17)20;/h15H,2-10H2,1H3,(H,16,18);1H. The molecule has 0 radical (unpaired) electrons. The summed E-state index contributed by atoms with van der Waals surface area (Å²) in [7, 11) is 0. The van der Waals surface area contributed by atoms with Crippen molar-refractivity contribution in [1.82, 2.24) is 15.5 Å². The highest BCUT2D eigenvalue weighted by Gasteiger charge is 2.30. The maximum atomic E-state index is 11.8. The number of halogens is 1. The van der Waals surface area contributed by atoms with Crippen molar-refractivity contribution in [2.24, 2.45) is 5.41 Å². The fraction of sp³-hybridized carbons (Fsp3) is 0.786. The molecule has 0 atom stereocenters. The first-order valence-electron chi connectivity index (χ1n) is 7.31. The number of hydrogen-bond donors (Lipinski definition) is 2. The van der Waals surface area contributed by atoms with Crippen molar-refractivity contribution in [3.05, 3.63) is 0 Å². The number of amides is 3. The number of nitrogens with one attached hydrogen (secondary N) is 2. The zero-order chi connectivity index (χ0) is 14.6. The number of carbonyl (C=O) groups excluding carboxylic acids is 3. The van der Waals surface area contributed by atoms with Crippen LogP contribution >= 0.6 is 12.4 Å². The van der Waals surface area contributed by atoms with Crippen molar-refractivity contribution >= 4 is 30.1 Å². The third kappa shape index (κ3) is 4.97. The molecule has 3 amide bonds. The Morgan fingerprint density at radius 3 is 2.38 bits per heavy atom. The van der Waals surface area contributed by atoms with E-state index in [4.69, 9.17) is 0 Å². The Morgan fingerprint density at radius 2 is 1.81 bits per heavy atom. The summed E-state index contributed by atoms with van der Waals surface area (Å²) in [5.74, 6) is -0.404. The van der Waals surface area contributed by atoms with E-state index in [2.05, 4.69) is 17.6 Å². The highest BCUT2D eigenvalue weighted by molar-refractivity contribution is 6.02. The van der Waals surface area contributed by atoms with E-state index < -0.39 is 0 Å². The van der Waals surface area contributed by atoms with Crippen LogP contribution in [-0.2, 0) is 14.4 Å². The lowest BCUT2D eigenvalue weighted by atomic mass is 9.81. The van der Waals surface area contributed by atoms with Gasteiger partial charge in [0.05, 0.1) is 0 Å². The lowest BCUT2D eigenvalue weighted by Gasteiger charge is -2.34. The predicted octanol–water partition coefficient (Wildman–Crippen LogP) is 0.453. The largest absolute Gasteiger partial charge is 0.355 e. The van der Waals surface area contributed by atoms with Crippen LogP contribution in [0.1, 0.15) is 39.0 Å². The van der Waals surface area contributed by atoms with E-state index >= 15 is 0 Å². The molecule has 0 unspecified atom stereocenters. The van der Waals surface area contributed by atoms with E-state index in [0.29, 0.717) is 6.54 Å². The molecule has 0 spiro atoms. The second-order valence-corrected chi connectivity index (χ2v) is 6.03. The smallest absolute Gasteiger partial charge is 0.229 e. The molecule has 21 heavy (non-hydrogen) atoms. The monoisotopic (exact) mass is 317 g/mol. The van der Waals surface area contributed by atoms with E-state index in [0.717, 1.165) is 25.9 Å². The summed E-state index contributed by atoms with van der Waals surface area (Å²) in [5.41, 5.74) is 0.153. The minimum Gasteiger partial charge on any atom is -0.355 e. The Morgan fingerprint density at radius 1 is 1.24 bits per heavy atom. The second-order valence-electron chi connectivity index (χ2n) is 6.03. The van der Waals surface area contributed by atoms with Gasteiger partial charge in [0, 0.05) is 32.4 Å². The van der Waals surface area contributed by atoms with Gasteiger partial charge in [-0.15, -0.1) is 12.4 Å². The number of piperidine rings is 1. The molecule has 0 aromatic carbocycles. The first kappa shape index (κ1) is 17.9. The van der Waals surface area contributed by atoms with Crippen molar-refractivity contribution in [1.29, 1.82) is 0 Å². The predicted molar refractivity (Wildman–Crippen MR) is 81.0 cm³/mol. The van der Waals surface area contributed by atoms with Gasteiger partial charge in [0.15, 0.2) is 0 Å². The van der Waals surface area contributed by atoms with Gasteiger partial charge in [0.25, 0.3) is 0 Å². The van der Waals surface area contributed by atoms with E-state index in [-0.39, 0.29) is 61.4 Å². The molecule has 0 saturated carbocycles. The fourth-order valence-electron chi connectivity index (χ4n) is 2.69. The molecule has 2 aliphatic heterocycles. The summed E-state index contributed by atoms with van der Waals surface area (Å²) < 4.78 is 0. The molecule has 2 fully saturated rings. The molecule has 2 rings (SSSR count). The minimum absolute atomic E-state index is 0. The molecule has 0 aromatic rings. The zero-order valence-electron chi connectivity index (χ0n) is 12.4. The second kappa shape index (κ2) is 7.75. The summed E-state index contributed by atoms with van der Waals surface area (Å²) in [5, 5.41) is 6.24. The highest BCUT2D eigenvalue weighted by Crippen LogP contribution is 2.26. The molecule has 0 bridgehead atoms. The van der Waals surface area contributed by atoms with E-state index in [9.17, 15) is 14.4 Å². The Kier molecular flexibility index (Phi) is 6.61. The van der Waals surface area contributed by atoms with E-state index in [1.807, 2.05) is 0 Å². The van der Waals surface area contributed by atoms with Gasteiger partial charge in [-0.3, -0.25) is 19.3 Å². The van der Waals surface area contributed by atoms with Crippen molar-refractivity contribution in [2.45, 2.75) is 39.0 Å². The maximum absolute atomic E-state index is 11.8. The number of imide groups is 1. The van der Waals surface area contributed by atoms with E-state index in [1.165, 1.54) is 4.90 Å². The molecular weight excluding hydrogens is 294 g/mol. The van der Waals surface area contributed by atoms with E-state index in [1.54, 1.807) is 0 Å². The van der Waals surface area contributed by atoms with Gasteiger partial charge in [-0.05, 0) is 31.3 Å². The Labute approximate surface area is 131 Å². The first-order chi connectivity index (χ1) is 9.50. The third-order valence-corrected chi connectivity index (χ3v) is 4.24. The third-order valence-electron chi connectivity index (χ3n) is 4.24. The lowest BCUT2D eigenvalue weighted by molar-refractivity contribution is -0.138. The average molecular weight is 318 g/mol. The summed E-state index contributed by atoms with van der Waals surface area (Å²) in [6.45, 7) is 5.03. The summed E-state index contributed by atoms with van der Waals surface area (Å²) in [6.07, 6.45) is 2.87. The van der Waals surface area contributed by atoms with Gasteiger partial charge in [-0.2, -0.15) is 0 Å². The number of rotatable bonds is 5. The lowest BCUT2D eigenvalue weighted by Crippen LogP contribution is -2.43. The summed E-state index contributed by atoms with van der Waals surface area (Å²) >= 11 is 0. The molecule has 2 saturated heterocycles. The van der Waals surface area contributed by atoms with Crippen molar-refractivity contribution < 1.29 is 14.4 Å². The number of nitrogens with zero attached hydrogens (tertiary/aromatic N) is 1. The van der Waals surface area contributed by atoms with Gasteiger partial charge in [0.1, 0.15) is 0 Å². The zero-order valence-corrected chi connectivity index (χ0v) is 13.3. The van der Waals surface area contributed by atoms with Crippen LogP contribution in [0, 0.1) is 5.41 Å². The van der Waals surface area contributed by atoms with Gasteiger partial charge < -0.3 is 10.6 Å². The van der Waals surface area contributed by atoms with Crippen LogP contribution in [0.15, 0.2) is 0 Å². The fourth-order valence-corrected chi connectivity index (χ4v) is 2.69. The minimum atomic E-state index is -0.159. The summed E-state index contributed by atoms with van der Waals surface area (Å²) in [6, 6.07) is 0. The number of likely N-dealkylation sites (tertiary alicyclic amines) is 1. The average Bonchev–Trinajstić information content (AvgIpc) is 2.74. The normalized spacial score (nSPS) is 21.1. The molecular formula is C14H24ClN3O3. The molecule has 7 heteroatoms. The maximum Gasteiger partial charge on any atom is 0.229 e. The Hall–Kier alpha value is -1.14. The molecule has 2 N–H and O–H groups in total.